The van der Waals surface area contributed by atoms with Gasteiger partial charge in [0.15, 0.2) is 0 Å². The molecule has 1 rings (SSSR count). The van der Waals surface area contributed by atoms with Gasteiger partial charge in [0.25, 0.3) is 0 Å². The molecule has 0 amide bonds. The number of hydrogen-bond acceptors (Lipinski definition) is 8. The largest absolute Gasteiger partial charge is 0.488 e. The first-order valence-electron chi connectivity index (χ1n) is 10.8. The summed E-state index contributed by atoms with van der Waals surface area (Å²) in [5.74, 6) is -4.38. The van der Waals surface area contributed by atoms with Crippen LogP contribution in [0.25, 0.3) is 0 Å². The monoisotopic (exact) mass is 506 g/mol. The number of benzene rings is 1. The van der Waals surface area contributed by atoms with Crippen molar-refractivity contribution < 1.29 is 49.1 Å². The zero-order chi connectivity index (χ0) is 27.1. The van der Waals surface area contributed by atoms with E-state index < -0.39 is 50.1 Å². The molecule has 12 nitrogen and oxygen atoms in total. The quantitative estimate of drug-likeness (QED) is 0.137. The average molecular weight is 507 g/mol. The fourth-order valence-electron chi connectivity index (χ4n) is 3.09. The molecule has 0 unspecified atom stereocenters. The minimum Gasteiger partial charge on any atom is -0.488 e. The summed E-state index contributed by atoms with van der Waals surface area (Å²) in [6, 6.07) is 6.35. The molecule has 0 fully saturated rings. The van der Waals surface area contributed by atoms with Crippen molar-refractivity contribution in [2.45, 2.75) is 13.8 Å². The molecule has 0 aliphatic carbocycles. The molecule has 0 saturated carbocycles. The van der Waals surface area contributed by atoms with Gasteiger partial charge in [-0.1, -0.05) is 24.3 Å². The predicted octanol–water partition coefficient (Wildman–Crippen LogP) is 1.89. The highest BCUT2D eigenvalue weighted by atomic mass is 16.5. The van der Waals surface area contributed by atoms with Gasteiger partial charge in [0, 0.05) is 0 Å². The summed E-state index contributed by atoms with van der Waals surface area (Å²) in [6.07, 6.45) is 6.40. The lowest BCUT2D eigenvalue weighted by atomic mass is 10.2. The van der Waals surface area contributed by atoms with E-state index in [0.717, 1.165) is 9.80 Å². The van der Waals surface area contributed by atoms with Crippen LogP contribution in [-0.2, 0) is 23.9 Å². The van der Waals surface area contributed by atoms with Gasteiger partial charge in [0.2, 0.25) is 0 Å². The van der Waals surface area contributed by atoms with Crippen molar-refractivity contribution in [1.82, 2.24) is 4.90 Å². The summed E-state index contributed by atoms with van der Waals surface area (Å²) >= 11 is 0. The lowest BCUT2D eigenvalue weighted by molar-refractivity contribution is -0.141. The Hall–Kier alpha value is -4.48. The molecule has 0 aromatic heterocycles. The molecule has 0 spiro atoms. The van der Waals surface area contributed by atoms with E-state index in [1.165, 1.54) is 12.1 Å². The molecule has 1 aromatic rings. The number of carboxylic acid groups (broad SMARTS) is 4. The molecule has 36 heavy (non-hydrogen) atoms. The minimum absolute atomic E-state index is 0.0307. The van der Waals surface area contributed by atoms with Crippen molar-refractivity contribution in [2.75, 3.05) is 44.3 Å². The van der Waals surface area contributed by atoms with Gasteiger partial charge in [-0.2, -0.15) is 0 Å². The molecule has 0 bridgehead atoms. The van der Waals surface area contributed by atoms with E-state index >= 15 is 0 Å². The maximum Gasteiger partial charge on any atom is 0.323 e. The summed E-state index contributed by atoms with van der Waals surface area (Å²) in [4.78, 5) is 47.2. The lowest BCUT2D eigenvalue weighted by Gasteiger charge is -2.26. The van der Waals surface area contributed by atoms with Crippen LogP contribution in [0.2, 0.25) is 0 Å². The van der Waals surface area contributed by atoms with Crippen molar-refractivity contribution in [3.63, 3.8) is 0 Å². The average Bonchev–Trinajstić information content (AvgIpc) is 2.78. The summed E-state index contributed by atoms with van der Waals surface area (Å²) in [5, 5.41) is 36.7. The number of ether oxygens (including phenoxy) is 2. The Morgan fingerprint density at radius 3 is 1.89 bits per heavy atom. The first-order valence-corrected chi connectivity index (χ1v) is 10.8. The Morgan fingerprint density at radius 1 is 0.833 bits per heavy atom. The van der Waals surface area contributed by atoms with Gasteiger partial charge < -0.3 is 39.7 Å². The van der Waals surface area contributed by atoms with E-state index in [4.69, 9.17) is 19.7 Å². The summed E-state index contributed by atoms with van der Waals surface area (Å²) in [7, 11) is 0. The zero-order valence-corrected chi connectivity index (χ0v) is 20.0. The SMILES string of the molecule is C\C=C/C=C(\C(=C/C)OCCOc1ccccc1N(CC(=O)O)CC(=O)O)N(CC(=O)O)CC(=O)O. The van der Waals surface area contributed by atoms with Gasteiger partial charge >= 0.3 is 23.9 Å². The Morgan fingerprint density at radius 2 is 1.39 bits per heavy atom. The fraction of sp³-hybridized carbons (Fsp3) is 0.333. The van der Waals surface area contributed by atoms with Crippen molar-refractivity contribution in [3.05, 3.63) is 60.0 Å². The highest BCUT2D eigenvalue weighted by Crippen LogP contribution is 2.28. The minimum atomic E-state index is -1.22. The predicted molar refractivity (Wildman–Crippen MR) is 129 cm³/mol. The van der Waals surface area contributed by atoms with Crippen LogP contribution in [0.15, 0.2) is 60.0 Å². The van der Waals surface area contributed by atoms with Crippen molar-refractivity contribution in [3.8, 4) is 5.75 Å². The first-order chi connectivity index (χ1) is 17.1. The molecular weight excluding hydrogens is 476 g/mol. The summed E-state index contributed by atoms with van der Waals surface area (Å²) in [5.41, 5.74) is 0.520. The summed E-state index contributed by atoms with van der Waals surface area (Å²) < 4.78 is 11.5. The number of anilines is 1. The van der Waals surface area contributed by atoms with E-state index in [-0.39, 0.29) is 36.1 Å². The number of rotatable bonds is 17. The topological polar surface area (TPSA) is 174 Å². The number of aliphatic carboxylic acids is 4. The standard InChI is InChI=1S/C24H30N2O10/c1-3-5-8-17(25(13-21(27)28)14-22(29)30)19(4-2)35-11-12-36-20-10-7-6-9-18(20)26(15-23(31)32)16-24(33)34/h3-10H,11-16H2,1-2H3,(H,27,28)(H,29,30)(H,31,32)(H,33,34)/b5-3-,17-8+,19-4+. The van der Waals surface area contributed by atoms with Crippen LogP contribution in [0, 0.1) is 0 Å². The Balaban J connectivity index is 3.01. The second-order valence-electron chi connectivity index (χ2n) is 7.18. The van der Waals surface area contributed by atoms with E-state index in [1.807, 2.05) is 0 Å². The molecule has 1 aromatic carbocycles. The van der Waals surface area contributed by atoms with Crippen LogP contribution in [0.3, 0.4) is 0 Å². The fourth-order valence-corrected chi connectivity index (χ4v) is 3.09. The second kappa shape index (κ2) is 15.4. The van der Waals surface area contributed by atoms with Crippen LogP contribution < -0.4 is 9.64 Å². The highest BCUT2D eigenvalue weighted by Gasteiger charge is 2.21. The molecule has 0 saturated heterocycles. The molecule has 4 N–H and O–H groups in total. The van der Waals surface area contributed by atoms with Gasteiger partial charge in [-0.3, -0.25) is 19.2 Å². The van der Waals surface area contributed by atoms with Crippen LogP contribution in [0.4, 0.5) is 5.69 Å². The third-order valence-corrected chi connectivity index (χ3v) is 4.41. The Labute approximate surface area is 208 Å². The van der Waals surface area contributed by atoms with E-state index in [2.05, 4.69) is 0 Å². The van der Waals surface area contributed by atoms with E-state index in [1.54, 1.807) is 50.3 Å². The van der Waals surface area contributed by atoms with Crippen molar-refractivity contribution in [2.24, 2.45) is 0 Å². The first kappa shape index (κ1) is 29.6. The number of carboxylic acids is 4. The number of carbonyl (C=O) groups is 4. The van der Waals surface area contributed by atoms with Gasteiger partial charge in [-0.15, -0.1) is 0 Å². The number of nitrogens with zero attached hydrogens (tertiary/aromatic N) is 2. The maximum atomic E-state index is 11.3. The molecule has 0 radical (unpaired) electrons. The Kier molecular flexibility index (Phi) is 12.7. The van der Waals surface area contributed by atoms with E-state index in [0.29, 0.717) is 0 Å². The molecule has 0 atom stereocenters. The molecular formula is C24H30N2O10. The van der Waals surface area contributed by atoms with Crippen LogP contribution in [0.1, 0.15) is 13.8 Å². The zero-order valence-electron chi connectivity index (χ0n) is 20.0. The molecule has 196 valence electrons. The van der Waals surface area contributed by atoms with Crippen LogP contribution in [0.5, 0.6) is 5.75 Å². The molecule has 0 aliphatic rings. The number of para-hydroxylation sites is 2. The van der Waals surface area contributed by atoms with Gasteiger partial charge in [-0.25, -0.2) is 0 Å². The van der Waals surface area contributed by atoms with Gasteiger partial charge in [0.05, 0.1) is 11.4 Å². The van der Waals surface area contributed by atoms with Gasteiger partial charge in [0.1, 0.15) is 50.9 Å². The van der Waals surface area contributed by atoms with Crippen LogP contribution >= 0.6 is 0 Å². The van der Waals surface area contributed by atoms with Crippen LogP contribution in [-0.4, -0.2) is 88.6 Å². The molecule has 0 aliphatic heterocycles. The van der Waals surface area contributed by atoms with Gasteiger partial charge in [-0.05, 0) is 38.1 Å². The molecule has 12 heteroatoms. The third kappa shape index (κ3) is 10.6. The van der Waals surface area contributed by atoms with Crippen molar-refractivity contribution >= 4 is 29.6 Å². The van der Waals surface area contributed by atoms with E-state index in [9.17, 15) is 29.4 Å². The Bertz CT molecular complexity index is 984. The normalized spacial score (nSPS) is 11.7. The second-order valence-corrected chi connectivity index (χ2v) is 7.18. The number of allylic oxidation sites excluding steroid dienone is 4. The number of hydrogen-bond donors (Lipinski definition) is 4. The smallest absolute Gasteiger partial charge is 0.323 e. The highest BCUT2D eigenvalue weighted by molar-refractivity contribution is 5.81. The lowest BCUT2D eigenvalue weighted by Crippen LogP contribution is -2.35. The molecule has 0 heterocycles. The third-order valence-electron chi connectivity index (χ3n) is 4.41. The van der Waals surface area contributed by atoms with Crippen molar-refractivity contribution in [1.29, 1.82) is 0 Å². The summed E-state index contributed by atoms with van der Waals surface area (Å²) in [6.45, 7) is 1.09. The maximum absolute atomic E-state index is 11.3.